The Balaban J connectivity index is 1.66. The first-order valence-electron chi connectivity index (χ1n) is 13.0. The van der Waals surface area contributed by atoms with E-state index in [0.29, 0.717) is 29.2 Å². The average molecular weight is 612 g/mol. The van der Waals surface area contributed by atoms with Crippen LogP contribution in [0.4, 0.5) is 18.0 Å². The van der Waals surface area contributed by atoms with Crippen molar-refractivity contribution in [2.75, 3.05) is 18.9 Å². The standard InChI is InChI=1S/C28H32F3N3O7S/c1-28(2,3)41-27(39)33-18(10-17-11-21(30)22(31)13-20(17)29)12-23(35)34-8-9-42-26(34)25(38)32-14-16-4-6-19(7-5-16)40-15-24(36)37/h4-7,11,13,18,26H,8-10,12,14-15H2,1-3H3,(H,32,38)(H,33,39)(H,36,37)/t18-,26?/m1/s1. The third-order valence-corrected chi connectivity index (χ3v) is 7.09. The Hall–Kier alpha value is -3.94. The summed E-state index contributed by atoms with van der Waals surface area (Å²) in [4.78, 5) is 50.7. The fourth-order valence-corrected chi connectivity index (χ4v) is 5.19. The number of halogens is 3. The molecule has 3 rings (SSSR count). The first kappa shape index (κ1) is 32.6. The van der Waals surface area contributed by atoms with Gasteiger partial charge in [-0.1, -0.05) is 12.1 Å². The number of hydrogen-bond donors (Lipinski definition) is 3. The molecular formula is C28H32F3N3O7S. The van der Waals surface area contributed by atoms with Crippen LogP contribution in [0.5, 0.6) is 5.75 Å². The third-order valence-electron chi connectivity index (χ3n) is 5.89. The molecule has 2 aromatic carbocycles. The number of amides is 3. The van der Waals surface area contributed by atoms with Crippen LogP contribution >= 0.6 is 11.8 Å². The first-order valence-corrected chi connectivity index (χ1v) is 14.0. The zero-order chi connectivity index (χ0) is 31.0. The van der Waals surface area contributed by atoms with Gasteiger partial charge in [-0.2, -0.15) is 0 Å². The van der Waals surface area contributed by atoms with Gasteiger partial charge in [-0.05, 0) is 56.5 Å². The zero-order valence-electron chi connectivity index (χ0n) is 23.2. The van der Waals surface area contributed by atoms with Crippen molar-refractivity contribution in [2.24, 2.45) is 0 Å². The van der Waals surface area contributed by atoms with E-state index in [1.54, 1.807) is 45.0 Å². The SMILES string of the molecule is CC(C)(C)OC(=O)N[C@@H](CC(=O)N1CCSC1C(=O)NCc1ccc(OCC(=O)O)cc1)Cc1cc(F)c(F)cc1F. The lowest BCUT2D eigenvalue weighted by molar-refractivity contribution is -0.139. The number of nitrogens with zero attached hydrogens (tertiary/aromatic N) is 1. The molecule has 2 atom stereocenters. The van der Waals surface area contributed by atoms with E-state index < -0.39 is 65.0 Å². The van der Waals surface area contributed by atoms with Crippen LogP contribution < -0.4 is 15.4 Å². The smallest absolute Gasteiger partial charge is 0.407 e. The third kappa shape index (κ3) is 9.86. The van der Waals surface area contributed by atoms with E-state index in [9.17, 15) is 32.3 Å². The van der Waals surface area contributed by atoms with E-state index in [-0.39, 0.29) is 31.5 Å². The number of carbonyl (C=O) groups is 4. The number of benzene rings is 2. The Morgan fingerprint density at radius 3 is 2.38 bits per heavy atom. The summed E-state index contributed by atoms with van der Waals surface area (Å²) >= 11 is 1.25. The summed E-state index contributed by atoms with van der Waals surface area (Å²) in [5.41, 5.74) is -0.402. The van der Waals surface area contributed by atoms with Crippen molar-refractivity contribution in [2.45, 2.75) is 57.2 Å². The molecule has 2 aromatic rings. The molecule has 3 N–H and O–H groups in total. The Kier molecular flexibility index (Phi) is 11.1. The number of carbonyl (C=O) groups excluding carboxylic acids is 3. The predicted molar refractivity (Wildman–Crippen MR) is 147 cm³/mol. The maximum absolute atomic E-state index is 14.4. The fourth-order valence-electron chi connectivity index (χ4n) is 4.03. The fraction of sp³-hybridized carbons (Fsp3) is 0.429. The molecule has 1 unspecified atom stereocenters. The van der Waals surface area contributed by atoms with Gasteiger partial charge in [0.2, 0.25) is 5.91 Å². The number of thioether (sulfide) groups is 1. The normalized spacial score (nSPS) is 15.6. The summed E-state index contributed by atoms with van der Waals surface area (Å²) in [7, 11) is 0. The van der Waals surface area contributed by atoms with Crippen LogP contribution in [0.3, 0.4) is 0 Å². The molecule has 1 aliphatic heterocycles. The minimum Gasteiger partial charge on any atom is -0.482 e. The van der Waals surface area contributed by atoms with Gasteiger partial charge in [0, 0.05) is 37.4 Å². The van der Waals surface area contributed by atoms with Crippen molar-refractivity contribution >= 4 is 35.6 Å². The van der Waals surface area contributed by atoms with Crippen molar-refractivity contribution in [1.82, 2.24) is 15.5 Å². The number of ether oxygens (including phenoxy) is 2. The second-order valence-electron chi connectivity index (χ2n) is 10.5. The van der Waals surface area contributed by atoms with Gasteiger partial charge in [0.1, 0.15) is 17.2 Å². The van der Waals surface area contributed by atoms with Crippen LogP contribution in [0.2, 0.25) is 0 Å². The maximum Gasteiger partial charge on any atom is 0.407 e. The number of aliphatic carboxylic acids is 1. The molecule has 1 heterocycles. The molecule has 1 aliphatic rings. The Bertz CT molecular complexity index is 1300. The van der Waals surface area contributed by atoms with Gasteiger partial charge < -0.3 is 30.1 Å². The van der Waals surface area contributed by atoms with Crippen LogP contribution in [0.15, 0.2) is 36.4 Å². The molecule has 42 heavy (non-hydrogen) atoms. The molecule has 1 fully saturated rings. The summed E-state index contributed by atoms with van der Waals surface area (Å²) in [6.45, 7) is 4.80. The Labute approximate surface area is 244 Å². The first-order chi connectivity index (χ1) is 19.7. The second-order valence-corrected chi connectivity index (χ2v) is 11.7. The molecular weight excluding hydrogens is 579 g/mol. The molecule has 0 aliphatic carbocycles. The van der Waals surface area contributed by atoms with E-state index in [0.717, 1.165) is 0 Å². The summed E-state index contributed by atoms with van der Waals surface area (Å²) < 4.78 is 52.0. The van der Waals surface area contributed by atoms with Crippen molar-refractivity contribution in [3.63, 3.8) is 0 Å². The average Bonchev–Trinajstić information content (AvgIpc) is 3.39. The molecule has 10 nitrogen and oxygen atoms in total. The molecule has 228 valence electrons. The minimum atomic E-state index is -1.37. The van der Waals surface area contributed by atoms with Gasteiger partial charge in [-0.3, -0.25) is 9.59 Å². The highest BCUT2D eigenvalue weighted by molar-refractivity contribution is 8.00. The number of carboxylic acid groups (broad SMARTS) is 1. The van der Waals surface area contributed by atoms with Gasteiger partial charge in [0.05, 0.1) is 0 Å². The number of rotatable bonds is 11. The van der Waals surface area contributed by atoms with Gasteiger partial charge in [0.25, 0.3) is 5.91 Å². The maximum atomic E-state index is 14.4. The van der Waals surface area contributed by atoms with Crippen LogP contribution in [0.25, 0.3) is 0 Å². The van der Waals surface area contributed by atoms with Gasteiger partial charge in [-0.25, -0.2) is 22.8 Å². The van der Waals surface area contributed by atoms with Crippen LogP contribution in [-0.4, -0.2) is 69.8 Å². The van der Waals surface area contributed by atoms with Crippen molar-refractivity contribution in [3.05, 3.63) is 65.0 Å². The topological polar surface area (TPSA) is 134 Å². The molecule has 0 bridgehead atoms. The second kappa shape index (κ2) is 14.3. The monoisotopic (exact) mass is 611 g/mol. The number of hydrogen-bond acceptors (Lipinski definition) is 7. The molecule has 14 heteroatoms. The highest BCUT2D eigenvalue weighted by atomic mass is 32.2. The molecule has 3 amide bonds. The van der Waals surface area contributed by atoms with E-state index in [1.807, 2.05) is 0 Å². The summed E-state index contributed by atoms with van der Waals surface area (Å²) in [6.07, 6.45) is -1.58. The van der Waals surface area contributed by atoms with E-state index in [2.05, 4.69) is 10.6 Å². The Morgan fingerprint density at radius 1 is 1.07 bits per heavy atom. The molecule has 0 spiro atoms. The minimum absolute atomic E-state index is 0.134. The quantitative estimate of drug-likeness (QED) is 0.328. The largest absolute Gasteiger partial charge is 0.482 e. The summed E-state index contributed by atoms with van der Waals surface area (Å²) in [5.74, 6) is -4.90. The molecule has 0 saturated carbocycles. The number of alkyl carbamates (subject to hydrolysis) is 1. The van der Waals surface area contributed by atoms with Crippen LogP contribution in [0, 0.1) is 17.5 Å². The van der Waals surface area contributed by atoms with Crippen molar-refractivity contribution < 1.29 is 46.9 Å². The lowest BCUT2D eigenvalue weighted by atomic mass is 10.0. The summed E-state index contributed by atoms with van der Waals surface area (Å²) in [6, 6.07) is 6.47. The van der Waals surface area contributed by atoms with E-state index >= 15 is 0 Å². The van der Waals surface area contributed by atoms with E-state index in [4.69, 9.17) is 14.6 Å². The Morgan fingerprint density at radius 2 is 1.74 bits per heavy atom. The van der Waals surface area contributed by atoms with Crippen LogP contribution in [-0.2, 0) is 32.1 Å². The lowest BCUT2D eigenvalue weighted by Gasteiger charge is -2.27. The zero-order valence-corrected chi connectivity index (χ0v) is 24.1. The van der Waals surface area contributed by atoms with Crippen molar-refractivity contribution in [3.8, 4) is 5.75 Å². The lowest BCUT2D eigenvalue weighted by Crippen LogP contribution is -2.48. The van der Waals surface area contributed by atoms with E-state index in [1.165, 1.54) is 16.7 Å². The van der Waals surface area contributed by atoms with Gasteiger partial charge in [-0.15, -0.1) is 11.8 Å². The van der Waals surface area contributed by atoms with Crippen molar-refractivity contribution in [1.29, 1.82) is 0 Å². The predicted octanol–water partition coefficient (Wildman–Crippen LogP) is 3.61. The summed E-state index contributed by atoms with van der Waals surface area (Å²) in [5, 5.41) is 13.1. The number of nitrogens with one attached hydrogen (secondary N) is 2. The molecule has 1 saturated heterocycles. The van der Waals surface area contributed by atoms with Crippen LogP contribution in [0.1, 0.15) is 38.3 Å². The number of carboxylic acids is 1. The van der Waals surface area contributed by atoms with Gasteiger partial charge >= 0.3 is 12.1 Å². The highest BCUT2D eigenvalue weighted by Crippen LogP contribution is 2.26. The van der Waals surface area contributed by atoms with Gasteiger partial charge in [0.15, 0.2) is 23.6 Å². The molecule has 0 radical (unpaired) electrons. The highest BCUT2D eigenvalue weighted by Gasteiger charge is 2.36. The molecule has 0 aromatic heterocycles.